The monoisotopic (exact) mass is 342 g/mol. The molecule has 1 aliphatic carbocycles. The van der Waals surface area contributed by atoms with Crippen molar-refractivity contribution in [3.63, 3.8) is 0 Å². The van der Waals surface area contributed by atoms with E-state index in [1.807, 2.05) is 31.4 Å². The predicted octanol–water partition coefficient (Wildman–Crippen LogP) is 2.38. The summed E-state index contributed by atoms with van der Waals surface area (Å²) in [7, 11) is 1.84. The van der Waals surface area contributed by atoms with E-state index in [1.165, 1.54) is 6.33 Å². The highest BCUT2D eigenvalue weighted by Gasteiger charge is 2.34. The van der Waals surface area contributed by atoms with E-state index >= 15 is 0 Å². The number of halogens is 1. The normalized spacial score (nSPS) is 17.4. The van der Waals surface area contributed by atoms with E-state index in [0.29, 0.717) is 12.1 Å². The Morgan fingerprint density at radius 2 is 2.19 bits per heavy atom. The average molecular weight is 343 g/mol. The van der Waals surface area contributed by atoms with Gasteiger partial charge >= 0.3 is 0 Å². The van der Waals surface area contributed by atoms with Gasteiger partial charge in [0.2, 0.25) is 0 Å². The molecule has 0 fully saturated rings. The lowest BCUT2D eigenvalue weighted by molar-refractivity contribution is -0.118. The van der Waals surface area contributed by atoms with Gasteiger partial charge in [-0.05, 0) is 23.3 Å². The lowest BCUT2D eigenvalue weighted by atomic mass is 9.95. The Balaban J connectivity index is 1.97. The van der Waals surface area contributed by atoms with Crippen LogP contribution in [0.15, 0.2) is 35.2 Å². The SMILES string of the molecule is Cn1cc2c(C3C(=O)Cc4ccc(Br)cc43)ncnc2n1. The number of rotatable bonds is 1. The Bertz CT molecular complexity index is 887. The number of carbonyl (C=O) groups excluding carboxylic acids is 1. The second-order valence-electron chi connectivity index (χ2n) is 5.22. The summed E-state index contributed by atoms with van der Waals surface area (Å²) in [6, 6.07) is 5.97. The first-order valence-electron chi connectivity index (χ1n) is 6.59. The van der Waals surface area contributed by atoms with Crippen molar-refractivity contribution < 1.29 is 4.79 Å². The smallest absolute Gasteiger partial charge is 0.184 e. The van der Waals surface area contributed by atoms with Crippen LogP contribution < -0.4 is 0 Å². The number of aromatic nitrogens is 4. The first-order valence-corrected chi connectivity index (χ1v) is 7.38. The van der Waals surface area contributed by atoms with Crippen LogP contribution in [-0.4, -0.2) is 25.5 Å². The summed E-state index contributed by atoms with van der Waals surface area (Å²) >= 11 is 3.48. The molecule has 6 heteroatoms. The Labute approximate surface area is 129 Å². The van der Waals surface area contributed by atoms with Crippen LogP contribution in [0.4, 0.5) is 0 Å². The third kappa shape index (κ3) is 1.90. The van der Waals surface area contributed by atoms with E-state index in [4.69, 9.17) is 0 Å². The lowest BCUT2D eigenvalue weighted by Crippen LogP contribution is -2.10. The second-order valence-corrected chi connectivity index (χ2v) is 6.13. The number of Topliss-reactive ketones (excluding diaryl/α,β-unsaturated/α-hetero) is 1. The molecule has 0 radical (unpaired) electrons. The third-order valence-corrected chi connectivity index (χ3v) is 4.33. The molecule has 0 amide bonds. The summed E-state index contributed by atoms with van der Waals surface area (Å²) in [5, 5.41) is 5.13. The Morgan fingerprint density at radius 3 is 3.05 bits per heavy atom. The molecule has 104 valence electrons. The van der Waals surface area contributed by atoms with Crippen LogP contribution in [0.2, 0.25) is 0 Å². The zero-order chi connectivity index (χ0) is 14.6. The molecule has 4 rings (SSSR count). The van der Waals surface area contributed by atoms with E-state index in [-0.39, 0.29) is 11.7 Å². The molecule has 0 saturated carbocycles. The average Bonchev–Trinajstić information content (AvgIpc) is 2.97. The fraction of sp³-hybridized carbons (Fsp3) is 0.200. The van der Waals surface area contributed by atoms with Gasteiger partial charge in [-0.15, -0.1) is 0 Å². The van der Waals surface area contributed by atoms with Gasteiger partial charge in [-0.2, -0.15) is 5.10 Å². The maximum atomic E-state index is 12.5. The van der Waals surface area contributed by atoms with E-state index in [1.54, 1.807) is 4.68 Å². The number of benzene rings is 1. The summed E-state index contributed by atoms with van der Waals surface area (Å²) in [5.41, 5.74) is 3.47. The van der Waals surface area contributed by atoms with Gasteiger partial charge in [-0.1, -0.05) is 22.0 Å². The van der Waals surface area contributed by atoms with Crippen LogP contribution in [0.1, 0.15) is 22.7 Å². The summed E-state index contributed by atoms with van der Waals surface area (Å²) in [6.45, 7) is 0. The summed E-state index contributed by atoms with van der Waals surface area (Å²) in [4.78, 5) is 21.0. The van der Waals surface area contributed by atoms with Gasteiger partial charge < -0.3 is 0 Å². The fourth-order valence-corrected chi connectivity index (χ4v) is 3.34. The van der Waals surface area contributed by atoms with Crippen LogP contribution in [0.3, 0.4) is 0 Å². The van der Waals surface area contributed by atoms with Gasteiger partial charge in [0.1, 0.15) is 6.33 Å². The van der Waals surface area contributed by atoms with Crippen LogP contribution in [-0.2, 0) is 18.3 Å². The molecule has 1 aliphatic rings. The van der Waals surface area contributed by atoms with Gasteiger partial charge in [-0.3, -0.25) is 9.48 Å². The zero-order valence-corrected chi connectivity index (χ0v) is 12.8. The highest BCUT2D eigenvalue weighted by molar-refractivity contribution is 9.10. The second kappa shape index (κ2) is 4.46. The molecule has 21 heavy (non-hydrogen) atoms. The highest BCUT2D eigenvalue weighted by atomic mass is 79.9. The van der Waals surface area contributed by atoms with E-state index in [9.17, 15) is 4.79 Å². The van der Waals surface area contributed by atoms with Crippen molar-refractivity contribution in [3.8, 4) is 0 Å². The molecule has 3 aromatic rings. The molecule has 0 saturated heterocycles. The summed E-state index contributed by atoms with van der Waals surface area (Å²) in [6.07, 6.45) is 3.81. The van der Waals surface area contributed by atoms with Crippen LogP contribution in [0.5, 0.6) is 0 Å². The largest absolute Gasteiger partial charge is 0.298 e. The van der Waals surface area contributed by atoms with Crippen molar-refractivity contribution in [3.05, 3.63) is 52.0 Å². The maximum absolute atomic E-state index is 12.5. The minimum Gasteiger partial charge on any atom is -0.298 e. The molecule has 0 bridgehead atoms. The van der Waals surface area contributed by atoms with Gasteiger partial charge in [-0.25, -0.2) is 9.97 Å². The van der Waals surface area contributed by atoms with Gasteiger partial charge in [0.15, 0.2) is 11.4 Å². The van der Waals surface area contributed by atoms with Crippen molar-refractivity contribution in [1.82, 2.24) is 19.7 Å². The number of hydrogen-bond donors (Lipinski definition) is 0. The molecule has 2 aromatic heterocycles. The summed E-state index contributed by atoms with van der Waals surface area (Å²) < 4.78 is 2.67. The number of nitrogens with zero attached hydrogens (tertiary/aromatic N) is 4. The first-order chi connectivity index (χ1) is 10.1. The number of aryl methyl sites for hydroxylation is 1. The Hall–Kier alpha value is -2.08. The Kier molecular flexibility index (Phi) is 2.68. The van der Waals surface area contributed by atoms with E-state index in [2.05, 4.69) is 31.0 Å². The molecule has 1 aromatic carbocycles. The highest BCUT2D eigenvalue weighted by Crippen LogP contribution is 2.38. The van der Waals surface area contributed by atoms with Crippen LogP contribution in [0.25, 0.3) is 11.0 Å². The summed E-state index contributed by atoms with van der Waals surface area (Å²) in [5.74, 6) is -0.154. The maximum Gasteiger partial charge on any atom is 0.184 e. The van der Waals surface area contributed by atoms with Crippen LogP contribution in [0, 0.1) is 0 Å². The number of ketones is 1. The fourth-order valence-electron chi connectivity index (χ4n) is 2.96. The molecule has 0 spiro atoms. The van der Waals surface area contributed by atoms with Crippen molar-refractivity contribution in [2.45, 2.75) is 12.3 Å². The molecular weight excluding hydrogens is 332 g/mol. The van der Waals surface area contributed by atoms with Crippen molar-refractivity contribution in [2.24, 2.45) is 7.05 Å². The van der Waals surface area contributed by atoms with Crippen molar-refractivity contribution in [1.29, 1.82) is 0 Å². The molecule has 1 atom stereocenters. The van der Waals surface area contributed by atoms with Crippen molar-refractivity contribution in [2.75, 3.05) is 0 Å². The number of hydrogen-bond acceptors (Lipinski definition) is 4. The van der Waals surface area contributed by atoms with Gasteiger partial charge in [0.05, 0.1) is 17.0 Å². The number of carbonyl (C=O) groups is 1. The molecule has 1 unspecified atom stereocenters. The molecular formula is C15H11BrN4O. The Morgan fingerprint density at radius 1 is 1.33 bits per heavy atom. The van der Waals surface area contributed by atoms with Crippen molar-refractivity contribution >= 4 is 32.7 Å². The minimum absolute atomic E-state index is 0.173. The third-order valence-electron chi connectivity index (χ3n) is 3.84. The minimum atomic E-state index is -0.327. The van der Waals surface area contributed by atoms with Gasteiger partial charge in [0, 0.05) is 24.1 Å². The zero-order valence-electron chi connectivity index (χ0n) is 11.2. The first kappa shape index (κ1) is 12.6. The predicted molar refractivity (Wildman–Crippen MR) is 81.0 cm³/mol. The molecule has 0 aliphatic heterocycles. The molecule has 2 heterocycles. The standard InChI is InChI=1S/C15H11BrN4O/c1-20-6-11-14(17-7-18-15(11)19-20)13-10-5-9(16)3-2-8(10)4-12(13)21/h2-3,5-7,13H,4H2,1H3. The van der Waals surface area contributed by atoms with Crippen LogP contribution >= 0.6 is 15.9 Å². The number of fused-ring (bicyclic) bond motifs is 2. The topological polar surface area (TPSA) is 60.7 Å². The van der Waals surface area contributed by atoms with E-state index in [0.717, 1.165) is 26.7 Å². The molecule has 0 N–H and O–H groups in total. The van der Waals surface area contributed by atoms with E-state index < -0.39 is 0 Å². The quantitative estimate of drug-likeness (QED) is 0.681. The van der Waals surface area contributed by atoms with Gasteiger partial charge in [0.25, 0.3) is 0 Å². The molecule has 5 nitrogen and oxygen atoms in total. The lowest BCUT2D eigenvalue weighted by Gasteiger charge is -2.10.